The highest BCUT2D eigenvalue weighted by atomic mass is 35.5. The van der Waals surface area contributed by atoms with Gasteiger partial charge in [-0.3, -0.25) is 0 Å². The average molecular weight is 239 g/mol. The van der Waals surface area contributed by atoms with Gasteiger partial charge in [-0.25, -0.2) is 9.78 Å². The number of nitrogens with zero attached hydrogens (tertiary/aromatic N) is 2. The molecule has 6 nitrogen and oxygen atoms in total. The molecule has 76 valence electrons. The van der Waals surface area contributed by atoms with Crippen LogP contribution >= 0.6 is 23.2 Å². The summed E-state index contributed by atoms with van der Waals surface area (Å²) in [5, 5.41) is 16.5. The molecule has 1 aromatic heterocycles. The Bertz CT molecular complexity index is 345. The van der Waals surface area contributed by atoms with Crippen molar-refractivity contribution in [3.63, 3.8) is 0 Å². The summed E-state index contributed by atoms with van der Waals surface area (Å²) in [6.45, 7) is 0. The molecule has 0 amide bonds. The van der Waals surface area contributed by atoms with Crippen molar-refractivity contribution in [3.8, 4) is 0 Å². The Labute approximate surface area is 88.0 Å². The van der Waals surface area contributed by atoms with E-state index in [4.69, 9.17) is 38.4 Å². The standard InChI is InChI=1S/C6H3Cl2NO2.HNO2/c7-4-2-1-3(6(10)11)5(8)9-4;2-1-3/h1-2H,(H,10,11);(H,2,3). The SMILES string of the molecule is O=C(O)c1ccc(Cl)nc1Cl.O=NO. The van der Waals surface area contributed by atoms with E-state index in [-0.39, 0.29) is 15.9 Å². The topological polar surface area (TPSA) is 99.8 Å². The fraction of sp³-hybridized carbons (Fsp3) is 0. The Morgan fingerprint density at radius 2 is 1.93 bits per heavy atom. The van der Waals surface area contributed by atoms with Crippen LogP contribution < -0.4 is 0 Å². The van der Waals surface area contributed by atoms with Crippen molar-refractivity contribution in [2.75, 3.05) is 0 Å². The molecule has 8 heteroatoms. The third-order valence-electron chi connectivity index (χ3n) is 1.05. The third kappa shape index (κ3) is 4.01. The molecule has 0 bridgehead atoms. The second kappa shape index (κ2) is 6.11. The Morgan fingerprint density at radius 3 is 2.29 bits per heavy atom. The van der Waals surface area contributed by atoms with Crippen LogP contribution in [0.4, 0.5) is 0 Å². The highest BCUT2D eigenvalue weighted by Crippen LogP contribution is 2.15. The quantitative estimate of drug-likeness (QED) is 0.444. The van der Waals surface area contributed by atoms with E-state index in [9.17, 15) is 4.79 Å². The first-order valence-corrected chi connectivity index (χ1v) is 3.80. The maximum absolute atomic E-state index is 10.4. The van der Waals surface area contributed by atoms with Crippen LogP contribution in [0.5, 0.6) is 0 Å². The van der Waals surface area contributed by atoms with Gasteiger partial charge in [0.1, 0.15) is 10.3 Å². The van der Waals surface area contributed by atoms with E-state index in [1.807, 2.05) is 0 Å². The number of hydrogen-bond acceptors (Lipinski definition) is 4. The van der Waals surface area contributed by atoms with Gasteiger partial charge in [0.15, 0.2) is 5.34 Å². The summed E-state index contributed by atoms with van der Waals surface area (Å²) in [6, 6.07) is 2.68. The number of aromatic carboxylic acids is 1. The largest absolute Gasteiger partial charge is 0.478 e. The summed E-state index contributed by atoms with van der Waals surface area (Å²) in [7, 11) is 0. The van der Waals surface area contributed by atoms with Crippen LogP contribution in [0, 0.1) is 4.91 Å². The number of aromatic nitrogens is 1. The molecule has 0 spiro atoms. The number of hydrogen-bond donors (Lipinski definition) is 2. The van der Waals surface area contributed by atoms with Gasteiger partial charge >= 0.3 is 5.97 Å². The van der Waals surface area contributed by atoms with Crippen molar-refractivity contribution < 1.29 is 15.1 Å². The lowest BCUT2D eigenvalue weighted by atomic mass is 10.3. The van der Waals surface area contributed by atoms with Crippen molar-refractivity contribution in [2.24, 2.45) is 5.34 Å². The van der Waals surface area contributed by atoms with Crippen LogP contribution in [0.15, 0.2) is 17.5 Å². The second-order valence-corrected chi connectivity index (χ2v) is 2.60. The van der Waals surface area contributed by atoms with Crippen LogP contribution in [0.2, 0.25) is 10.3 Å². The molecule has 14 heavy (non-hydrogen) atoms. The number of rotatable bonds is 1. The summed E-state index contributed by atoms with van der Waals surface area (Å²) < 4.78 is 0. The van der Waals surface area contributed by atoms with Gasteiger partial charge in [0.25, 0.3) is 0 Å². The second-order valence-electron chi connectivity index (χ2n) is 1.86. The zero-order valence-electron chi connectivity index (χ0n) is 6.52. The van der Waals surface area contributed by atoms with E-state index in [1.165, 1.54) is 17.5 Å². The lowest BCUT2D eigenvalue weighted by Gasteiger charge is -1.95. The van der Waals surface area contributed by atoms with E-state index >= 15 is 0 Å². The predicted octanol–water partition coefficient (Wildman–Crippen LogP) is 2.23. The minimum absolute atomic E-state index is 0.0453. The highest BCUT2D eigenvalue weighted by Gasteiger charge is 2.08. The van der Waals surface area contributed by atoms with Gasteiger partial charge in [0.05, 0.1) is 5.56 Å². The van der Waals surface area contributed by atoms with Gasteiger partial charge < -0.3 is 10.3 Å². The van der Waals surface area contributed by atoms with Crippen LogP contribution in [-0.4, -0.2) is 21.3 Å². The van der Waals surface area contributed by atoms with Gasteiger partial charge in [-0.2, -0.15) is 0 Å². The van der Waals surface area contributed by atoms with Gasteiger partial charge in [-0.1, -0.05) is 23.2 Å². The molecule has 0 aliphatic rings. The Morgan fingerprint density at radius 1 is 1.43 bits per heavy atom. The molecule has 0 fully saturated rings. The summed E-state index contributed by atoms with van der Waals surface area (Å²) in [4.78, 5) is 22.0. The minimum Gasteiger partial charge on any atom is -0.478 e. The van der Waals surface area contributed by atoms with Gasteiger partial charge in [0.2, 0.25) is 0 Å². The fourth-order valence-electron chi connectivity index (χ4n) is 0.572. The number of pyridine rings is 1. The number of carboxylic acid groups (broad SMARTS) is 1. The van der Waals surface area contributed by atoms with Crippen LogP contribution in [0.25, 0.3) is 0 Å². The summed E-state index contributed by atoms with van der Waals surface area (Å²) in [5.41, 5.74) is -0.0453. The molecule has 0 aliphatic heterocycles. The van der Waals surface area contributed by atoms with E-state index in [0.717, 1.165) is 0 Å². The summed E-state index contributed by atoms with van der Waals surface area (Å²) in [5.74, 6) is -1.11. The first-order valence-electron chi connectivity index (χ1n) is 3.05. The molecule has 2 N–H and O–H groups in total. The Kier molecular flexibility index (Phi) is 5.50. The van der Waals surface area contributed by atoms with Crippen LogP contribution in [-0.2, 0) is 0 Å². The highest BCUT2D eigenvalue weighted by molar-refractivity contribution is 6.34. The molecule has 0 atom stereocenters. The molecule has 1 heterocycles. The zero-order valence-corrected chi connectivity index (χ0v) is 8.03. The summed E-state index contributed by atoms with van der Waals surface area (Å²) in [6.07, 6.45) is 0. The maximum atomic E-state index is 10.4. The fourth-order valence-corrected chi connectivity index (χ4v) is 0.997. The van der Waals surface area contributed by atoms with E-state index < -0.39 is 5.97 Å². The smallest absolute Gasteiger partial charge is 0.338 e. The normalized spacial score (nSPS) is 8.43. The Hall–Kier alpha value is -1.40. The van der Waals surface area contributed by atoms with Gasteiger partial charge in [-0.15, -0.1) is 4.91 Å². The molecule has 0 aromatic carbocycles. The number of carbonyl (C=O) groups is 1. The molecule has 0 unspecified atom stereocenters. The van der Waals surface area contributed by atoms with Gasteiger partial charge in [0, 0.05) is 0 Å². The molecular formula is C6H4Cl2N2O4. The van der Waals surface area contributed by atoms with E-state index in [0.29, 0.717) is 0 Å². The van der Waals surface area contributed by atoms with Crippen molar-refractivity contribution in [1.82, 2.24) is 4.98 Å². The number of carboxylic acids is 1. The first-order chi connectivity index (χ1) is 6.52. The third-order valence-corrected chi connectivity index (χ3v) is 1.54. The first kappa shape index (κ1) is 12.6. The Balaban J connectivity index is 0.000000500. The molecule has 0 aliphatic carbocycles. The number of halogens is 2. The van der Waals surface area contributed by atoms with Gasteiger partial charge in [-0.05, 0) is 12.1 Å². The maximum Gasteiger partial charge on any atom is 0.338 e. The molecule has 0 saturated carbocycles. The summed E-state index contributed by atoms with van der Waals surface area (Å²) >= 11 is 10.9. The van der Waals surface area contributed by atoms with Crippen molar-refractivity contribution in [1.29, 1.82) is 0 Å². The van der Waals surface area contributed by atoms with E-state index in [1.54, 1.807) is 0 Å². The monoisotopic (exact) mass is 238 g/mol. The van der Waals surface area contributed by atoms with E-state index in [2.05, 4.69) is 4.98 Å². The minimum atomic E-state index is -1.11. The van der Waals surface area contributed by atoms with Crippen molar-refractivity contribution in [2.45, 2.75) is 0 Å². The molecule has 0 saturated heterocycles. The molecule has 1 rings (SSSR count). The molecular weight excluding hydrogens is 235 g/mol. The average Bonchev–Trinajstić information content (AvgIpc) is 2.04. The van der Waals surface area contributed by atoms with Crippen LogP contribution in [0.1, 0.15) is 10.4 Å². The van der Waals surface area contributed by atoms with Crippen LogP contribution in [0.3, 0.4) is 0 Å². The predicted molar refractivity (Wildman–Crippen MR) is 48.8 cm³/mol. The van der Waals surface area contributed by atoms with Crippen molar-refractivity contribution in [3.05, 3.63) is 32.9 Å². The molecule has 1 aromatic rings. The zero-order chi connectivity index (χ0) is 11.1. The van der Waals surface area contributed by atoms with Crippen molar-refractivity contribution >= 4 is 29.2 Å². The lowest BCUT2D eigenvalue weighted by molar-refractivity contribution is 0.0696. The lowest BCUT2D eigenvalue weighted by Crippen LogP contribution is -1.98. The molecule has 0 radical (unpaired) electrons.